The van der Waals surface area contributed by atoms with E-state index in [2.05, 4.69) is 19.2 Å². The van der Waals surface area contributed by atoms with Crippen LogP contribution in [-0.4, -0.2) is 11.8 Å². The summed E-state index contributed by atoms with van der Waals surface area (Å²) >= 11 is 1.31. The number of nitrogens with one attached hydrogen (secondary N) is 1. The summed E-state index contributed by atoms with van der Waals surface area (Å²) in [5.41, 5.74) is 4.00. The highest BCUT2D eigenvalue weighted by atomic mass is 32.2. The van der Waals surface area contributed by atoms with Crippen molar-refractivity contribution in [2.24, 2.45) is 0 Å². The molecular weight excluding hydrogens is 404 g/mol. The van der Waals surface area contributed by atoms with Crippen LogP contribution in [0, 0.1) is 6.92 Å². The molecule has 3 aromatic rings. The molecule has 1 aliphatic rings. The third-order valence-electron chi connectivity index (χ3n) is 5.14. The van der Waals surface area contributed by atoms with E-state index in [0.717, 1.165) is 16.1 Å². The fourth-order valence-corrected chi connectivity index (χ4v) is 4.27. The molecule has 31 heavy (non-hydrogen) atoms. The number of carbonyl (C=O) groups excluding carboxylic acids is 2. The van der Waals surface area contributed by atoms with E-state index in [-0.39, 0.29) is 11.8 Å². The zero-order valence-corrected chi connectivity index (χ0v) is 18.6. The number of hydrogen-bond donors (Lipinski definition) is 1. The summed E-state index contributed by atoms with van der Waals surface area (Å²) in [7, 11) is 0. The van der Waals surface area contributed by atoms with E-state index in [1.807, 2.05) is 73.7 Å². The second-order valence-electron chi connectivity index (χ2n) is 7.80. The quantitative estimate of drug-likeness (QED) is 0.482. The van der Waals surface area contributed by atoms with Gasteiger partial charge in [-0.05, 0) is 54.8 Å². The van der Waals surface area contributed by atoms with E-state index in [9.17, 15) is 9.59 Å². The van der Waals surface area contributed by atoms with Gasteiger partial charge in [-0.25, -0.2) is 4.90 Å². The highest BCUT2D eigenvalue weighted by Gasteiger charge is 2.40. The Morgan fingerprint density at radius 2 is 1.45 bits per heavy atom. The number of thioether (sulfide) groups is 1. The Kier molecular flexibility index (Phi) is 5.96. The number of hydrogen-bond acceptors (Lipinski definition) is 4. The lowest BCUT2D eigenvalue weighted by Crippen LogP contribution is -2.32. The number of amides is 2. The number of aryl methyl sites for hydroxylation is 1. The van der Waals surface area contributed by atoms with Crippen LogP contribution < -0.4 is 10.2 Å². The summed E-state index contributed by atoms with van der Waals surface area (Å²) in [5.74, 6) is -0.244. The van der Waals surface area contributed by atoms with E-state index in [4.69, 9.17) is 0 Å². The fourth-order valence-electron chi connectivity index (χ4n) is 3.35. The first kappa shape index (κ1) is 20.9. The van der Waals surface area contributed by atoms with Gasteiger partial charge in [-0.2, -0.15) is 0 Å². The first-order chi connectivity index (χ1) is 14.9. The highest BCUT2D eigenvalue weighted by molar-refractivity contribution is 8.04. The molecule has 156 valence electrons. The molecule has 4 nitrogen and oxygen atoms in total. The van der Waals surface area contributed by atoms with Crippen molar-refractivity contribution < 1.29 is 9.59 Å². The minimum absolute atomic E-state index is 0.303. The van der Waals surface area contributed by atoms with Crippen molar-refractivity contribution in [2.75, 3.05) is 10.2 Å². The molecule has 0 saturated heterocycles. The van der Waals surface area contributed by atoms with Crippen LogP contribution in [0.1, 0.15) is 30.9 Å². The van der Waals surface area contributed by atoms with Gasteiger partial charge in [0.25, 0.3) is 11.8 Å². The molecule has 0 aliphatic carbocycles. The second-order valence-corrected chi connectivity index (χ2v) is 8.89. The molecule has 5 heteroatoms. The maximum Gasteiger partial charge on any atom is 0.283 e. The molecule has 0 aromatic heterocycles. The topological polar surface area (TPSA) is 49.4 Å². The van der Waals surface area contributed by atoms with Crippen LogP contribution in [-0.2, 0) is 9.59 Å². The Labute approximate surface area is 187 Å². The van der Waals surface area contributed by atoms with Gasteiger partial charge in [0.05, 0.1) is 5.69 Å². The summed E-state index contributed by atoms with van der Waals surface area (Å²) < 4.78 is 0. The van der Waals surface area contributed by atoms with Crippen molar-refractivity contribution in [3.8, 4) is 0 Å². The van der Waals surface area contributed by atoms with Crippen molar-refractivity contribution >= 4 is 35.0 Å². The van der Waals surface area contributed by atoms with Crippen LogP contribution in [0.15, 0.2) is 94.4 Å². The molecule has 0 radical (unpaired) electrons. The van der Waals surface area contributed by atoms with Gasteiger partial charge in [-0.1, -0.05) is 73.6 Å². The molecule has 0 spiro atoms. The summed E-state index contributed by atoms with van der Waals surface area (Å²) in [5, 5.41) is 3.22. The predicted octanol–water partition coefficient (Wildman–Crippen LogP) is 6.11. The lowest BCUT2D eigenvalue weighted by atomic mass is 10.0. The van der Waals surface area contributed by atoms with Gasteiger partial charge in [0.2, 0.25) is 0 Å². The predicted molar refractivity (Wildman–Crippen MR) is 127 cm³/mol. The van der Waals surface area contributed by atoms with Gasteiger partial charge in [-0.3, -0.25) is 9.59 Å². The maximum absolute atomic E-state index is 13.3. The average Bonchev–Trinajstić information content (AvgIpc) is 3.00. The van der Waals surface area contributed by atoms with E-state index < -0.39 is 0 Å². The minimum Gasteiger partial charge on any atom is -0.350 e. The van der Waals surface area contributed by atoms with Crippen molar-refractivity contribution in [1.29, 1.82) is 0 Å². The first-order valence-corrected chi connectivity index (χ1v) is 11.1. The molecule has 4 rings (SSSR count). The highest BCUT2D eigenvalue weighted by Crippen LogP contribution is 2.38. The van der Waals surface area contributed by atoms with Crippen LogP contribution in [0.4, 0.5) is 11.4 Å². The average molecular weight is 429 g/mol. The summed E-state index contributed by atoms with van der Waals surface area (Å²) in [4.78, 5) is 29.2. The number of benzene rings is 3. The van der Waals surface area contributed by atoms with Gasteiger partial charge in [-0.15, -0.1) is 0 Å². The van der Waals surface area contributed by atoms with Crippen LogP contribution in [0.2, 0.25) is 0 Å². The van der Waals surface area contributed by atoms with E-state index >= 15 is 0 Å². The summed E-state index contributed by atoms with van der Waals surface area (Å²) in [6, 6.07) is 24.9. The third kappa shape index (κ3) is 4.42. The molecule has 0 bridgehead atoms. The number of para-hydroxylation sites is 1. The zero-order valence-electron chi connectivity index (χ0n) is 17.8. The van der Waals surface area contributed by atoms with Gasteiger partial charge in [0, 0.05) is 10.6 Å². The standard InChI is InChI=1S/C26H24N2O2S/c1-17(2)19-11-13-20(14-12-19)27-23-24(31-22-15-9-18(3)10-16-22)26(30)28(25(23)29)21-7-5-4-6-8-21/h4-17,27H,1-3H3. The van der Waals surface area contributed by atoms with E-state index in [1.165, 1.54) is 22.2 Å². The lowest BCUT2D eigenvalue weighted by Gasteiger charge is -2.15. The molecule has 0 fully saturated rings. The minimum atomic E-state index is -0.348. The Morgan fingerprint density at radius 1 is 0.806 bits per heavy atom. The monoisotopic (exact) mass is 428 g/mol. The Morgan fingerprint density at radius 3 is 2.06 bits per heavy atom. The number of rotatable bonds is 6. The molecular formula is C26H24N2O2S. The third-order valence-corrected chi connectivity index (χ3v) is 6.23. The van der Waals surface area contributed by atoms with Crippen molar-refractivity contribution in [1.82, 2.24) is 0 Å². The molecule has 0 unspecified atom stereocenters. The van der Waals surface area contributed by atoms with Crippen LogP contribution in [0.25, 0.3) is 0 Å². The molecule has 1 aliphatic heterocycles. The fraction of sp³-hybridized carbons (Fsp3) is 0.154. The number of anilines is 2. The molecule has 1 N–H and O–H groups in total. The summed E-state index contributed by atoms with van der Waals surface area (Å²) in [6.45, 7) is 6.29. The first-order valence-electron chi connectivity index (χ1n) is 10.2. The van der Waals surface area contributed by atoms with Crippen LogP contribution >= 0.6 is 11.8 Å². The number of nitrogens with zero attached hydrogens (tertiary/aromatic N) is 1. The zero-order chi connectivity index (χ0) is 22.0. The van der Waals surface area contributed by atoms with Gasteiger partial charge >= 0.3 is 0 Å². The Bertz CT molecular complexity index is 1130. The second kappa shape index (κ2) is 8.82. The van der Waals surface area contributed by atoms with Crippen molar-refractivity contribution in [2.45, 2.75) is 31.6 Å². The smallest absolute Gasteiger partial charge is 0.283 e. The van der Waals surface area contributed by atoms with Crippen LogP contribution in [0.5, 0.6) is 0 Å². The SMILES string of the molecule is Cc1ccc(SC2=C(Nc3ccc(C(C)C)cc3)C(=O)N(c3ccccc3)C2=O)cc1. The van der Waals surface area contributed by atoms with Crippen molar-refractivity contribution in [3.63, 3.8) is 0 Å². The maximum atomic E-state index is 13.3. The van der Waals surface area contributed by atoms with Gasteiger partial charge in [0.15, 0.2) is 0 Å². The Hall–Kier alpha value is -3.31. The summed E-state index contributed by atoms with van der Waals surface area (Å²) in [6.07, 6.45) is 0. The number of imide groups is 1. The van der Waals surface area contributed by atoms with Gasteiger partial charge < -0.3 is 5.32 Å². The number of carbonyl (C=O) groups is 2. The molecule has 2 amide bonds. The molecule has 0 atom stereocenters. The normalized spacial score (nSPS) is 14.0. The van der Waals surface area contributed by atoms with E-state index in [0.29, 0.717) is 22.2 Å². The van der Waals surface area contributed by atoms with E-state index in [1.54, 1.807) is 12.1 Å². The molecule has 0 saturated carbocycles. The molecule has 3 aromatic carbocycles. The Balaban J connectivity index is 1.71. The van der Waals surface area contributed by atoms with Crippen LogP contribution in [0.3, 0.4) is 0 Å². The van der Waals surface area contributed by atoms with Gasteiger partial charge in [0.1, 0.15) is 10.6 Å². The van der Waals surface area contributed by atoms with Crippen molar-refractivity contribution in [3.05, 3.63) is 101 Å². The molecule has 1 heterocycles. The lowest BCUT2D eigenvalue weighted by molar-refractivity contribution is -0.120. The largest absolute Gasteiger partial charge is 0.350 e.